The largest absolute Gasteiger partial charge is 0.288 e. The number of carbonyl (C=O) groups excluding carboxylic acids is 1. The third-order valence-corrected chi connectivity index (χ3v) is 1.58. The van der Waals surface area contributed by atoms with Gasteiger partial charge in [-0.1, -0.05) is 29.8 Å². The number of aryl methyl sites for hydroxylation is 1. The molecule has 0 aliphatic rings. The van der Waals surface area contributed by atoms with Crippen LogP contribution in [0.15, 0.2) is 30.3 Å². The maximum atomic E-state index is 10.6. The van der Waals surface area contributed by atoms with Crippen LogP contribution in [-0.2, 0) is 4.79 Å². The van der Waals surface area contributed by atoms with E-state index in [4.69, 9.17) is 5.21 Å². The van der Waals surface area contributed by atoms with Gasteiger partial charge in [0.1, 0.15) is 0 Å². The van der Waals surface area contributed by atoms with Crippen LogP contribution in [0, 0.1) is 6.92 Å². The van der Waals surface area contributed by atoms with E-state index in [0.29, 0.717) is 0 Å². The number of hydroxylamine groups is 1. The summed E-state index contributed by atoms with van der Waals surface area (Å²) in [6.45, 7) is 1.98. The average molecular weight is 177 g/mol. The molecule has 0 bridgehead atoms. The Labute approximate surface area is 76.7 Å². The van der Waals surface area contributed by atoms with Gasteiger partial charge in [0.25, 0.3) is 5.91 Å². The van der Waals surface area contributed by atoms with Crippen molar-refractivity contribution in [1.29, 1.82) is 0 Å². The molecule has 68 valence electrons. The van der Waals surface area contributed by atoms with Crippen molar-refractivity contribution in [2.45, 2.75) is 6.92 Å². The average Bonchev–Trinajstić information content (AvgIpc) is 2.14. The Balaban J connectivity index is 2.74. The van der Waals surface area contributed by atoms with E-state index in [1.807, 2.05) is 31.2 Å². The first-order valence-corrected chi connectivity index (χ1v) is 3.91. The van der Waals surface area contributed by atoms with Gasteiger partial charge in [0.05, 0.1) is 0 Å². The first kappa shape index (κ1) is 9.48. The number of hydrogen-bond donors (Lipinski definition) is 2. The van der Waals surface area contributed by atoms with Gasteiger partial charge in [0.15, 0.2) is 0 Å². The lowest BCUT2D eigenvalue weighted by atomic mass is 10.1. The van der Waals surface area contributed by atoms with Crippen LogP contribution in [0.1, 0.15) is 11.1 Å². The predicted octanol–water partition coefficient (Wildman–Crippen LogP) is 1.51. The fourth-order valence-electron chi connectivity index (χ4n) is 0.983. The first-order valence-electron chi connectivity index (χ1n) is 3.91. The monoisotopic (exact) mass is 177 g/mol. The molecule has 0 aliphatic carbocycles. The Bertz CT molecular complexity index is 331. The standard InChI is InChI=1S/C10H11NO2/c1-8-3-2-4-9(7-8)5-6-10(12)11-13/h2-7,13H,1H3,(H,11,12)/b6-5+. The van der Waals surface area contributed by atoms with Crippen molar-refractivity contribution >= 4 is 12.0 Å². The highest BCUT2D eigenvalue weighted by Gasteiger charge is 1.90. The lowest BCUT2D eigenvalue weighted by Gasteiger charge is -1.94. The Morgan fingerprint density at radius 2 is 2.31 bits per heavy atom. The molecule has 3 heteroatoms. The van der Waals surface area contributed by atoms with Crippen molar-refractivity contribution in [3.05, 3.63) is 41.5 Å². The third kappa shape index (κ3) is 3.09. The van der Waals surface area contributed by atoms with Gasteiger partial charge in [-0.15, -0.1) is 0 Å². The van der Waals surface area contributed by atoms with Crippen LogP contribution in [-0.4, -0.2) is 11.1 Å². The van der Waals surface area contributed by atoms with Gasteiger partial charge in [-0.3, -0.25) is 10.0 Å². The second kappa shape index (κ2) is 4.42. The molecule has 1 aromatic carbocycles. The van der Waals surface area contributed by atoms with Crippen LogP contribution >= 0.6 is 0 Å². The summed E-state index contributed by atoms with van der Waals surface area (Å²) in [5.41, 5.74) is 3.59. The summed E-state index contributed by atoms with van der Waals surface area (Å²) in [6.07, 6.45) is 2.91. The minimum Gasteiger partial charge on any atom is -0.288 e. The Morgan fingerprint density at radius 1 is 1.54 bits per heavy atom. The van der Waals surface area contributed by atoms with Gasteiger partial charge in [-0.25, -0.2) is 5.48 Å². The van der Waals surface area contributed by atoms with E-state index >= 15 is 0 Å². The summed E-state index contributed by atoms with van der Waals surface area (Å²) in [6, 6.07) is 7.71. The second-order valence-electron chi connectivity index (χ2n) is 2.72. The number of amides is 1. The highest BCUT2D eigenvalue weighted by Crippen LogP contribution is 2.05. The maximum absolute atomic E-state index is 10.6. The van der Waals surface area contributed by atoms with E-state index in [1.54, 1.807) is 6.08 Å². The molecule has 13 heavy (non-hydrogen) atoms. The van der Waals surface area contributed by atoms with Gasteiger partial charge in [-0.2, -0.15) is 0 Å². The SMILES string of the molecule is Cc1cccc(/C=C/C(=O)NO)c1. The quantitative estimate of drug-likeness (QED) is 0.408. The molecular formula is C10H11NO2. The van der Waals surface area contributed by atoms with Crippen LogP contribution in [0.5, 0.6) is 0 Å². The molecule has 1 amide bonds. The molecule has 0 atom stereocenters. The first-order chi connectivity index (χ1) is 6.22. The molecule has 0 unspecified atom stereocenters. The lowest BCUT2D eigenvalue weighted by molar-refractivity contribution is -0.124. The number of nitrogens with one attached hydrogen (secondary N) is 1. The van der Waals surface area contributed by atoms with Crippen molar-refractivity contribution in [2.75, 3.05) is 0 Å². The normalized spacial score (nSPS) is 10.3. The van der Waals surface area contributed by atoms with Gasteiger partial charge in [0.2, 0.25) is 0 Å². The second-order valence-corrected chi connectivity index (χ2v) is 2.72. The molecule has 0 saturated carbocycles. The van der Waals surface area contributed by atoms with Gasteiger partial charge in [0, 0.05) is 6.08 Å². The molecule has 0 fully saturated rings. The molecule has 2 N–H and O–H groups in total. The van der Waals surface area contributed by atoms with E-state index in [-0.39, 0.29) is 0 Å². The highest BCUT2D eigenvalue weighted by atomic mass is 16.5. The summed E-state index contributed by atoms with van der Waals surface area (Å²) in [5.74, 6) is -0.526. The van der Waals surface area contributed by atoms with Gasteiger partial charge >= 0.3 is 0 Å². The molecule has 0 spiro atoms. The van der Waals surface area contributed by atoms with Crippen LogP contribution in [0.3, 0.4) is 0 Å². The van der Waals surface area contributed by atoms with Crippen molar-refractivity contribution < 1.29 is 10.0 Å². The molecule has 0 aromatic heterocycles. The number of hydrogen-bond acceptors (Lipinski definition) is 2. The smallest absolute Gasteiger partial charge is 0.267 e. The summed E-state index contributed by atoms with van der Waals surface area (Å²) >= 11 is 0. The molecule has 0 heterocycles. The zero-order chi connectivity index (χ0) is 9.68. The zero-order valence-corrected chi connectivity index (χ0v) is 7.32. The number of rotatable bonds is 2. The minimum atomic E-state index is -0.526. The molecule has 0 saturated heterocycles. The number of carbonyl (C=O) groups is 1. The van der Waals surface area contributed by atoms with Crippen LogP contribution in [0.4, 0.5) is 0 Å². The summed E-state index contributed by atoms with van der Waals surface area (Å²) in [7, 11) is 0. The molecule has 0 aliphatic heterocycles. The Kier molecular flexibility index (Phi) is 3.23. The molecule has 0 radical (unpaired) electrons. The van der Waals surface area contributed by atoms with Crippen molar-refractivity contribution in [3.63, 3.8) is 0 Å². The summed E-state index contributed by atoms with van der Waals surface area (Å²) in [4.78, 5) is 10.6. The van der Waals surface area contributed by atoms with E-state index < -0.39 is 5.91 Å². The van der Waals surface area contributed by atoms with E-state index in [2.05, 4.69) is 0 Å². The molecule has 1 aromatic rings. The maximum Gasteiger partial charge on any atom is 0.267 e. The van der Waals surface area contributed by atoms with E-state index in [9.17, 15) is 4.79 Å². The zero-order valence-electron chi connectivity index (χ0n) is 7.32. The minimum absolute atomic E-state index is 0.526. The fraction of sp³-hybridized carbons (Fsp3) is 0.100. The molecule has 3 nitrogen and oxygen atoms in total. The molecular weight excluding hydrogens is 166 g/mol. The summed E-state index contributed by atoms with van der Waals surface area (Å²) < 4.78 is 0. The van der Waals surface area contributed by atoms with Crippen LogP contribution in [0.2, 0.25) is 0 Å². The fourth-order valence-corrected chi connectivity index (χ4v) is 0.983. The van der Waals surface area contributed by atoms with Gasteiger partial charge in [-0.05, 0) is 18.6 Å². The Hall–Kier alpha value is -1.61. The summed E-state index contributed by atoms with van der Waals surface area (Å²) in [5, 5.41) is 8.22. The van der Waals surface area contributed by atoms with Crippen LogP contribution in [0.25, 0.3) is 6.08 Å². The number of benzene rings is 1. The lowest BCUT2D eigenvalue weighted by Crippen LogP contribution is -2.14. The third-order valence-electron chi connectivity index (χ3n) is 1.58. The van der Waals surface area contributed by atoms with Crippen LogP contribution < -0.4 is 5.48 Å². The van der Waals surface area contributed by atoms with Crippen molar-refractivity contribution in [2.24, 2.45) is 0 Å². The topological polar surface area (TPSA) is 49.3 Å². The Morgan fingerprint density at radius 3 is 2.92 bits per heavy atom. The molecule has 1 rings (SSSR count). The van der Waals surface area contributed by atoms with Crippen molar-refractivity contribution in [1.82, 2.24) is 5.48 Å². The van der Waals surface area contributed by atoms with E-state index in [0.717, 1.165) is 11.1 Å². The van der Waals surface area contributed by atoms with Gasteiger partial charge < -0.3 is 0 Å². The predicted molar refractivity (Wildman–Crippen MR) is 50.1 cm³/mol. The highest BCUT2D eigenvalue weighted by molar-refractivity contribution is 5.90. The van der Waals surface area contributed by atoms with Crippen molar-refractivity contribution in [3.8, 4) is 0 Å². The van der Waals surface area contributed by atoms with E-state index in [1.165, 1.54) is 11.6 Å².